The van der Waals surface area contributed by atoms with Crippen LogP contribution in [0.15, 0.2) is 0 Å². The van der Waals surface area contributed by atoms with Crippen molar-refractivity contribution in [1.82, 2.24) is 20.4 Å². The molecule has 0 radical (unpaired) electrons. The van der Waals surface area contributed by atoms with Gasteiger partial charge in [-0.3, -0.25) is 14.4 Å². The van der Waals surface area contributed by atoms with E-state index >= 15 is 0 Å². The molecule has 0 bridgehead atoms. The van der Waals surface area contributed by atoms with Crippen molar-refractivity contribution < 1.29 is 14.4 Å². The van der Waals surface area contributed by atoms with Gasteiger partial charge in [0.1, 0.15) is 12.1 Å². The highest BCUT2D eigenvalue weighted by Gasteiger charge is 2.43. The van der Waals surface area contributed by atoms with Crippen molar-refractivity contribution in [3.63, 3.8) is 0 Å². The number of carbonyl (C=O) groups excluding carboxylic acids is 3. The second-order valence-electron chi connectivity index (χ2n) is 9.40. The van der Waals surface area contributed by atoms with Gasteiger partial charge in [0.2, 0.25) is 17.7 Å². The van der Waals surface area contributed by atoms with Gasteiger partial charge in [-0.2, -0.15) is 0 Å². The number of hydrogen-bond donors (Lipinski definition) is 2. The quantitative estimate of drug-likeness (QED) is 0.716. The summed E-state index contributed by atoms with van der Waals surface area (Å²) in [6.45, 7) is 13.7. The van der Waals surface area contributed by atoms with Gasteiger partial charge in [-0.25, -0.2) is 0 Å². The van der Waals surface area contributed by atoms with Crippen molar-refractivity contribution >= 4 is 17.7 Å². The van der Waals surface area contributed by atoms with Crippen molar-refractivity contribution in [3.05, 3.63) is 0 Å². The van der Waals surface area contributed by atoms with Gasteiger partial charge in [-0.05, 0) is 58.9 Å². The van der Waals surface area contributed by atoms with Crippen molar-refractivity contribution in [2.45, 2.75) is 90.9 Å². The Morgan fingerprint density at radius 1 is 1.00 bits per heavy atom. The highest BCUT2D eigenvalue weighted by molar-refractivity contribution is 5.94. The number of rotatable bonds is 6. The Morgan fingerprint density at radius 2 is 1.57 bits per heavy atom. The van der Waals surface area contributed by atoms with Crippen LogP contribution in [0.4, 0.5) is 0 Å². The molecule has 7 heteroatoms. The van der Waals surface area contributed by atoms with Crippen LogP contribution in [-0.4, -0.2) is 70.8 Å². The molecular formula is C21H38N4O3. The zero-order valence-electron chi connectivity index (χ0n) is 18.4. The molecule has 3 amide bonds. The standard InChI is InChI=1S/C21H38N4O3/c1-7-22-17(14(2)3)20(28)25-13-9-11-16(25)19(27)24-12-8-10-15(24)18(26)23-21(4,5)6/h14-17,22H,7-13H2,1-6H3,(H,23,26)/t15-,16-,17-/m0/s1. The molecule has 2 rings (SSSR count). The van der Waals surface area contributed by atoms with E-state index in [1.54, 1.807) is 9.80 Å². The molecule has 160 valence electrons. The first-order chi connectivity index (χ1) is 13.1. The number of hydrogen-bond acceptors (Lipinski definition) is 4. The molecule has 0 saturated carbocycles. The molecule has 0 aromatic carbocycles. The van der Waals surface area contributed by atoms with Gasteiger partial charge in [0.25, 0.3) is 0 Å². The lowest BCUT2D eigenvalue weighted by atomic mass is 10.0. The van der Waals surface area contributed by atoms with Gasteiger partial charge in [-0.15, -0.1) is 0 Å². The Hall–Kier alpha value is -1.63. The second-order valence-corrected chi connectivity index (χ2v) is 9.40. The highest BCUT2D eigenvalue weighted by atomic mass is 16.2. The first-order valence-electron chi connectivity index (χ1n) is 10.7. The first-order valence-corrected chi connectivity index (χ1v) is 10.7. The molecule has 2 heterocycles. The average molecular weight is 395 g/mol. The van der Waals surface area contributed by atoms with Crippen LogP contribution in [0.2, 0.25) is 0 Å². The number of nitrogens with zero attached hydrogens (tertiary/aromatic N) is 2. The lowest BCUT2D eigenvalue weighted by molar-refractivity contribution is -0.148. The van der Waals surface area contributed by atoms with Crippen molar-refractivity contribution in [2.75, 3.05) is 19.6 Å². The topological polar surface area (TPSA) is 81.8 Å². The minimum atomic E-state index is -0.449. The van der Waals surface area contributed by atoms with Crippen LogP contribution in [0.3, 0.4) is 0 Å². The lowest BCUT2D eigenvalue weighted by Gasteiger charge is -2.34. The zero-order valence-corrected chi connectivity index (χ0v) is 18.4. The van der Waals surface area contributed by atoms with Gasteiger partial charge < -0.3 is 20.4 Å². The molecule has 0 aliphatic carbocycles. The predicted molar refractivity (Wildman–Crippen MR) is 110 cm³/mol. The molecule has 2 saturated heterocycles. The predicted octanol–water partition coefficient (Wildman–Crippen LogP) is 1.52. The van der Waals surface area contributed by atoms with E-state index < -0.39 is 12.1 Å². The maximum atomic E-state index is 13.3. The Kier molecular flexibility index (Phi) is 7.48. The summed E-state index contributed by atoms with van der Waals surface area (Å²) >= 11 is 0. The second kappa shape index (κ2) is 9.25. The van der Waals surface area contributed by atoms with Gasteiger partial charge in [0.15, 0.2) is 0 Å². The molecule has 2 aliphatic rings. The van der Waals surface area contributed by atoms with E-state index in [0.717, 1.165) is 12.8 Å². The summed E-state index contributed by atoms with van der Waals surface area (Å²) in [7, 11) is 0. The molecule has 2 aliphatic heterocycles. The number of likely N-dealkylation sites (tertiary alicyclic amines) is 2. The maximum absolute atomic E-state index is 13.3. The molecule has 3 atom stereocenters. The minimum Gasteiger partial charge on any atom is -0.350 e. The third-order valence-electron chi connectivity index (χ3n) is 5.51. The lowest BCUT2D eigenvalue weighted by Crippen LogP contribution is -2.57. The molecule has 7 nitrogen and oxygen atoms in total. The van der Waals surface area contributed by atoms with Crippen LogP contribution in [0.1, 0.15) is 67.2 Å². The monoisotopic (exact) mass is 394 g/mol. The number of amides is 3. The summed E-state index contributed by atoms with van der Waals surface area (Å²) in [5, 5.41) is 6.26. The molecule has 2 N–H and O–H groups in total. The van der Waals surface area contributed by atoms with E-state index in [4.69, 9.17) is 0 Å². The molecular weight excluding hydrogens is 356 g/mol. The van der Waals surface area contributed by atoms with Gasteiger partial charge in [0, 0.05) is 18.6 Å². The summed E-state index contributed by atoms with van der Waals surface area (Å²) in [5.74, 6) is -0.0122. The summed E-state index contributed by atoms with van der Waals surface area (Å²) < 4.78 is 0. The Bertz CT molecular complexity index is 585. The first kappa shape index (κ1) is 22.7. The average Bonchev–Trinajstić information content (AvgIpc) is 3.25. The van der Waals surface area contributed by atoms with Gasteiger partial charge in [-0.1, -0.05) is 20.8 Å². The minimum absolute atomic E-state index is 0.00240. The molecule has 0 aromatic heterocycles. The van der Waals surface area contributed by atoms with Gasteiger partial charge >= 0.3 is 0 Å². The van der Waals surface area contributed by atoms with Crippen LogP contribution < -0.4 is 10.6 Å². The van der Waals surface area contributed by atoms with Crippen LogP contribution >= 0.6 is 0 Å². The Labute approximate surface area is 169 Å². The number of nitrogens with one attached hydrogen (secondary N) is 2. The zero-order chi connectivity index (χ0) is 21.1. The fourth-order valence-electron chi connectivity index (χ4n) is 4.24. The van der Waals surface area contributed by atoms with E-state index in [1.165, 1.54) is 0 Å². The molecule has 2 fully saturated rings. The molecule has 0 spiro atoms. The van der Waals surface area contributed by atoms with Crippen molar-refractivity contribution in [1.29, 1.82) is 0 Å². The van der Waals surface area contributed by atoms with E-state index in [2.05, 4.69) is 10.6 Å². The highest BCUT2D eigenvalue weighted by Crippen LogP contribution is 2.26. The van der Waals surface area contributed by atoms with Gasteiger partial charge in [0.05, 0.1) is 6.04 Å². The molecule has 28 heavy (non-hydrogen) atoms. The summed E-state index contributed by atoms with van der Waals surface area (Å²) in [6.07, 6.45) is 3.00. The molecule has 0 aromatic rings. The van der Waals surface area contributed by atoms with E-state index in [-0.39, 0.29) is 35.2 Å². The van der Waals surface area contributed by atoms with E-state index in [1.807, 2.05) is 41.5 Å². The summed E-state index contributed by atoms with van der Waals surface area (Å²) in [5.41, 5.74) is -0.333. The summed E-state index contributed by atoms with van der Waals surface area (Å²) in [6, 6.07) is -1.16. The van der Waals surface area contributed by atoms with Crippen LogP contribution in [-0.2, 0) is 14.4 Å². The maximum Gasteiger partial charge on any atom is 0.246 e. The Morgan fingerprint density at radius 3 is 2.11 bits per heavy atom. The largest absolute Gasteiger partial charge is 0.350 e. The number of likely N-dealkylation sites (N-methyl/N-ethyl adjacent to an activating group) is 1. The summed E-state index contributed by atoms with van der Waals surface area (Å²) in [4.78, 5) is 42.6. The Balaban J connectivity index is 2.13. The fourth-order valence-corrected chi connectivity index (χ4v) is 4.24. The van der Waals surface area contributed by atoms with E-state index in [0.29, 0.717) is 32.5 Å². The van der Waals surface area contributed by atoms with Crippen LogP contribution in [0.5, 0.6) is 0 Å². The SMILES string of the molecule is CCN[C@H](C(=O)N1CCC[C@H]1C(=O)N1CCC[C@H]1C(=O)NC(C)(C)C)C(C)C. The smallest absolute Gasteiger partial charge is 0.246 e. The third kappa shape index (κ3) is 5.25. The van der Waals surface area contributed by atoms with Crippen molar-refractivity contribution in [2.24, 2.45) is 5.92 Å². The van der Waals surface area contributed by atoms with Crippen LogP contribution in [0, 0.1) is 5.92 Å². The van der Waals surface area contributed by atoms with Crippen molar-refractivity contribution in [3.8, 4) is 0 Å². The fraction of sp³-hybridized carbons (Fsp3) is 0.857. The third-order valence-corrected chi connectivity index (χ3v) is 5.51. The normalized spacial score (nSPS) is 24.0. The molecule has 0 unspecified atom stereocenters. The number of carbonyl (C=O) groups is 3. The van der Waals surface area contributed by atoms with Crippen LogP contribution in [0.25, 0.3) is 0 Å². The van der Waals surface area contributed by atoms with E-state index in [9.17, 15) is 14.4 Å².